The minimum absolute atomic E-state index is 0.162. The van der Waals surface area contributed by atoms with Crippen molar-refractivity contribution in [1.29, 1.82) is 0 Å². The Labute approximate surface area is 243 Å². The number of carboxylic acids is 1. The van der Waals surface area contributed by atoms with Crippen LogP contribution in [0, 0.1) is 6.92 Å². The van der Waals surface area contributed by atoms with Crippen LogP contribution in [0.4, 0.5) is 0 Å². The molecule has 0 saturated carbocycles. The van der Waals surface area contributed by atoms with E-state index in [1.165, 1.54) is 12.0 Å². The van der Waals surface area contributed by atoms with Crippen molar-refractivity contribution in [3.8, 4) is 39.1 Å². The summed E-state index contributed by atoms with van der Waals surface area (Å²) in [6, 6.07) is 26.7. The smallest absolute Gasteiger partial charge is 0.348 e. The number of oxazole rings is 1. The zero-order valence-corrected chi connectivity index (χ0v) is 23.9. The molecule has 0 spiro atoms. The summed E-state index contributed by atoms with van der Waals surface area (Å²) in [7, 11) is 1.52. The van der Waals surface area contributed by atoms with Gasteiger partial charge in [-0.2, -0.15) is 0 Å². The summed E-state index contributed by atoms with van der Waals surface area (Å²) in [5.74, 6) is 1.83. The number of hydrogen-bond donors (Lipinski definition) is 1. The Bertz CT molecular complexity index is 1610. The third kappa shape index (κ3) is 6.61. The number of aliphatic carboxylic acids is 1. The molecule has 0 amide bonds. The molecule has 0 aliphatic carbocycles. The number of ether oxygens (including phenoxy) is 3. The summed E-state index contributed by atoms with van der Waals surface area (Å²) in [5.41, 5.74) is 2.24. The lowest BCUT2D eigenvalue weighted by atomic mass is 9.96. The molecule has 1 unspecified atom stereocenters. The lowest BCUT2D eigenvalue weighted by Crippen LogP contribution is -2.43. The highest BCUT2D eigenvalue weighted by Crippen LogP contribution is 2.32. The third-order valence-electron chi connectivity index (χ3n) is 6.74. The molecule has 3 aromatic carbocycles. The molecule has 8 heteroatoms. The molecular formula is C33H31NO6S. The number of aryl methyl sites for hydroxylation is 1. The van der Waals surface area contributed by atoms with Crippen LogP contribution in [0.1, 0.15) is 23.9 Å². The summed E-state index contributed by atoms with van der Waals surface area (Å²) in [6.45, 7) is 3.89. The molecule has 41 heavy (non-hydrogen) atoms. The first-order chi connectivity index (χ1) is 19.8. The highest BCUT2D eigenvalue weighted by atomic mass is 32.1. The molecule has 5 rings (SSSR count). The van der Waals surface area contributed by atoms with E-state index in [4.69, 9.17) is 23.6 Å². The Hall–Kier alpha value is -4.56. The fraction of sp³-hybridized carbons (Fsp3) is 0.212. The average Bonchev–Trinajstić information content (AvgIpc) is 3.65. The monoisotopic (exact) mass is 569 g/mol. The van der Waals surface area contributed by atoms with E-state index in [2.05, 4.69) is 23.6 Å². The van der Waals surface area contributed by atoms with Gasteiger partial charge in [-0.1, -0.05) is 42.5 Å². The molecule has 1 N–H and O–H groups in total. The molecule has 210 valence electrons. The molecule has 0 aliphatic rings. The van der Waals surface area contributed by atoms with Crippen molar-refractivity contribution in [3.05, 3.63) is 107 Å². The number of rotatable bonds is 12. The van der Waals surface area contributed by atoms with E-state index < -0.39 is 11.6 Å². The van der Waals surface area contributed by atoms with Crippen molar-refractivity contribution in [2.24, 2.45) is 0 Å². The summed E-state index contributed by atoms with van der Waals surface area (Å²) in [6.07, 6.45) is 0.751. The number of benzene rings is 3. The quantitative estimate of drug-likeness (QED) is 0.167. The van der Waals surface area contributed by atoms with E-state index in [1.54, 1.807) is 42.5 Å². The van der Waals surface area contributed by atoms with Crippen LogP contribution in [0.15, 0.2) is 94.7 Å². The minimum atomic E-state index is -1.48. The van der Waals surface area contributed by atoms with Crippen LogP contribution >= 0.6 is 11.3 Å². The average molecular weight is 570 g/mol. The van der Waals surface area contributed by atoms with Gasteiger partial charge in [0.15, 0.2) is 11.5 Å². The molecule has 0 saturated heterocycles. The molecule has 0 bridgehead atoms. The fourth-order valence-electron chi connectivity index (χ4n) is 4.49. The standard InChI is InChI=1S/C33H31NO6S/c1-22-27(34-31(39-22)25-9-6-8-24(20-25)30-12-7-19-41-30)17-18-38-26-15-13-23(14-16-26)21-33(2,32(35)36)40-29-11-5-4-10-28(29)37-3/h4-16,19-20H,17-18,21H2,1-3H3,(H,35,36). The van der Waals surface area contributed by atoms with Crippen LogP contribution in [0.2, 0.25) is 0 Å². The van der Waals surface area contributed by atoms with Gasteiger partial charge in [-0.3, -0.25) is 0 Å². The van der Waals surface area contributed by atoms with Crippen LogP contribution in [-0.2, 0) is 17.6 Å². The summed E-state index contributed by atoms with van der Waals surface area (Å²) in [4.78, 5) is 18.1. The van der Waals surface area contributed by atoms with Gasteiger partial charge in [0.25, 0.3) is 0 Å². The van der Waals surface area contributed by atoms with Gasteiger partial charge in [-0.15, -0.1) is 11.3 Å². The zero-order valence-electron chi connectivity index (χ0n) is 23.1. The maximum absolute atomic E-state index is 12.2. The summed E-state index contributed by atoms with van der Waals surface area (Å²) < 4.78 is 23.2. The van der Waals surface area contributed by atoms with Crippen LogP contribution in [0.5, 0.6) is 17.2 Å². The molecule has 0 radical (unpaired) electrons. The zero-order chi connectivity index (χ0) is 28.8. The predicted octanol–water partition coefficient (Wildman–Crippen LogP) is 7.47. The van der Waals surface area contributed by atoms with Gasteiger partial charge >= 0.3 is 5.97 Å². The molecule has 2 heterocycles. The van der Waals surface area contributed by atoms with Gasteiger partial charge in [0, 0.05) is 23.3 Å². The van der Waals surface area contributed by atoms with Gasteiger partial charge in [0.1, 0.15) is 11.5 Å². The van der Waals surface area contributed by atoms with Gasteiger partial charge in [-0.05, 0) is 72.8 Å². The molecule has 7 nitrogen and oxygen atoms in total. The van der Waals surface area contributed by atoms with Crippen molar-refractivity contribution in [1.82, 2.24) is 4.98 Å². The van der Waals surface area contributed by atoms with Crippen molar-refractivity contribution in [2.45, 2.75) is 32.3 Å². The van der Waals surface area contributed by atoms with E-state index in [1.807, 2.05) is 49.4 Å². The first-order valence-corrected chi connectivity index (χ1v) is 14.1. The van der Waals surface area contributed by atoms with E-state index in [0.717, 1.165) is 28.1 Å². The first kappa shape index (κ1) is 28.0. The number of carboxylic acid groups (broad SMARTS) is 1. The van der Waals surface area contributed by atoms with Crippen LogP contribution in [-0.4, -0.2) is 35.4 Å². The van der Waals surface area contributed by atoms with Gasteiger partial charge < -0.3 is 23.7 Å². The van der Waals surface area contributed by atoms with Gasteiger partial charge in [0.2, 0.25) is 11.5 Å². The Morgan fingerprint density at radius 2 is 1.73 bits per heavy atom. The molecule has 0 fully saturated rings. The van der Waals surface area contributed by atoms with Gasteiger partial charge in [0.05, 0.1) is 19.4 Å². The van der Waals surface area contributed by atoms with Crippen molar-refractivity contribution in [2.75, 3.05) is 13.7 Å². The first-order valence-electron chi connectivity index (χ1n) is 13.2. The second-order valence-electron chi connectivity index (χ2n) is 9.79. The Morgan fingerprint density at radius 3 is 2.44 bits per heavy atom. The second-order valence-corrected chi connectivity index (χ2v) is 10.7. The summed E-state index contributed by atoms with van der Waals surface area (Å²) >= 11 is 1.70. The van der Waals surface area contributed by atoms with E-state index in [-0.39, 0.29) is 6.42 Å². The molecule has 0 aliphatic heterocycles. The molecule has 1 atom stereocenters. The van der Waals surface area contributed by atoms with E-state index >= 15 is 0 Å². The topological polar surface area (TPSA) is 91.0 Å². The fourth-order valence-corrected chi connectivity index (χ4v) is 5.22. The Morgan fingerprint density at radius 1 is 0.976 bits per heavy atom. The van der Waals surface area contributed by atoms with Crippen molar-refractivity contribution in [3.63, 3.8) is 0 Å². The maximum Gasteiger partial charge on any atom is 0.348 e. The molecule has 5 aromatic rings. The highest BCUT2D eigenvalue weighted by Gasteiger charge is 2.36. The number of hydrogen-bond acceptors (Lipinski definition) is 7. The van der Waals surface area contributed by atoms with E-state index in [9.17, 15) is 9.90 Å². The SMILES string of the molecule is COc1ccccc1OC(C)(Cc1ccc(OCCc2nc(-c3cccc(-c4cccs4)c3)oc2C)cc1)C(=O)O. The molecule has 2 aromatic heterocycles. The largest absolute Gasteiger partial charge is 0.493 e. The Balaban J connectivity index is 1.19. The number of para-hydroxylation sites is 2. The van der Waals surface area contributed by atoms with Crippen LogP contribution < -0.4 is 14.2 Å². The predicted molar refractivity (Wildman–Crippen MR) is 159 cm³/mol. The summed E-state index contributed by atoms with van der Waals surface area (Å²) in [5, 5.41) is 12.0. The van der Waals surface area contributed by atoms with Crippen molar-refractivity contribution >= 4 is 17.3 Å². The van der Waals surface area contributed by atoms with Crippen LogP contribution in [0.3, 0.4) is 0 Å². The number of methoxy groups -OCH3 is 1. The second kappa shape index (κ2) is 12.3. The minimum Gasteiger partial charge on any atom is -0.493 e. The van der Waals surface area contributed by atoms with E-state index in [0.29, 0.717) is 36.2 Å². The van der Waals surface area contributed by atoms with Crippen molar-refractivity contribution < 1.29 is 28.5 Å². The number of nitrogens with zero attached hydrogens (tertiary/aromatic N) is 1. The third-order valence-corrected chi connectivity index (χ3v) is 7.66. The number of aromatic nitrogens is 1. The normalized spacial score (nSPS) is 12.5. The maximum atomic E-state index is 12.2. The number of carbonyl (C=O) groups is 1. The lowest BCUT2D eigenvalue weighted by Gasteiger charge is -2.27. The number of thiophene rings is 1. The van der Waals surface area contributed by atoms with Crippen LogP contribution in [0.25, 0.3) is 21.9 Å². The Kier molecular flexibility index (Phi) is 8.40. The lowest BCUT2D eigenvalue weighted by molar-refractivity contribution is -0.153. The van der Waals surface area contributed by atoms with Gasteiger partial charge in [-0.25, -0.2) is 9.78 Å². The molecular weight excluding hydrogens is 538 g/mol. The highest BCUT2D eigenvalue weighted by molar-refractivity contribution is 7.13.